The van der Waals surface area contributed by atoms with Gasteiger partial charge < -0.3 is 15.0 Å². The van der Waals surface area contributed by atoms with Crippen molar-refractivity contribution < 1.29 is 14.3 Å². The zero-order valence-electron chi connectivity index (χ0n) is 19.1. The van der Waals surface area contributed by atoms with Gasteiger partial charge >= 0.3 is 0 Å². The highest BCUT2D eigenvalue weighted by Crippen LogP contribution is 2.28. The maximum atomic E-state index is 13.1. The van der Waals surface area contributed by atoms with Gasteiger partial charge in [0, 0.05) is 31.1 Å². The second-order valence-electron chi connectivity index (χ2n) is 8.17. The number of nitrogens with zero attached hydrogens (tertiary/aromatic N) is 5. The smallest absolute Gasteiger partial charge is 0.256 e. The summed E-state index contributed by atoms with van der Waals surface area (Å²) >= 11 is 0. The largest absolute Gasteiger partial charge is 0.378 e. The highest BCUT2D eigenvalue weighted by atomic mass is 16.5. The number of morpholine rings is 1. The molecule has 0 radical (unpaired) electrons. The van der Waals surface area contributed by atoms with Crippen molar-refractivity contribution in [2.75, 3.05) is 31.6 Å². The van der Waals surface area contributed by atoms with E-state index in [-0.39, 0.29) is 11.8 Å². The molecule has 0 spiro atoms. The number of nitrogens with one attached hydrogen (secondary N) is 1. The molecular weight excluding hydrogens is 444 g/mol. The summed E-state index contributed by atoms with van der Waals surface area (Å²) in [5, 5.41) is 16.6. The summed E-state index contributed by atoms with van der Waals surface area (Å²) in [7, 11) is 0. The van der Waals surface area contributed by atoms with E-state index in [1.165, 1.54) is 6.92 Å². The zero-order valence-corrected chi connectivity index (χ0v) is 19.1. The first-order valence-corrected chi connectivity index (χ1v) is 11.2. The molecule has 35 heavy (non-hydrogen) atoms. The molecule has 0 aliphatic carbocycles. The molecule has 0 atom stereocenters. The molecule has 1 aliphatic rings. The topological polar surface area (TPSA) is 113 Å². The van der Waals surface area contributed by atoms with E-state index in [2.05, 4.69) is 16.4 Å². The van der Waals surface area contributed by atoms with Crippen LogP contribution in [0.15, 0.2) is 60.8 Å². The summed E-state index contributed by atoms with van der Waals surface area (Å²) in [5.41, 5.74) is 5.18. The standard InChI is InChI=1S/C26H22N6O3/c1-17(33)29-23-14-20(6-7-21(23)26(34)31-10-12-35-13-11-31)22-8-9-25-28-16-24(32(25)30-22)19-4-2-18(15-27)3-5-19/h2-9,14,16H,10-13H2,1H3,(H,29,33). The van der Waals surface area contributed by atoms with E-state index in [0.29, 0.717) is 54.5 Å². The second kappa shape index (κ2) is 9.37. The lowest BCUT2D eigenvalue weighted by atomic mass is 10.0. The first-order chi connectivity index (χ1) is 17.0. The van der Waals surface area contributed by atoms with Crippen molar-refractivity contribution in [1.82, 2.24) is 19.5 Å². The van der Waals surface area contributed by atoms with Crippen molar-refractivity contribution in [1.29, 1.82) is 5.26 Å². The number of benzene rings is 2. The highest BCUT2D eigenvalue weighted by molar-refractivity contribution is 6.04. The number of carbonyl (C=O) groups excluding carboxylic acids is 2. The monoisotopic (exact) mass is 466 g/mol. The number of carbonyl (C=O) groups is 2. The lowest BCUT2D eigenvalue weighted by molar-refractivity contribution is -0.114. The van der Waals surface area contributed by atoms with E-state index < -0.39 is 0 Å². The van der Waals surface area contributed by atoms with Gasteiger partial charge in [0.1, 0.15) is 0 Å². The fourth-order valence-electron chi connectivity index (χ4n) is 4.06. The summed E-state index contributed by atoms with van der Waals surface area (Å²) < 4.78 is 7.08. The molecule has 9 nitrogen and oxygen atoms in total. The number of fused-ring (bicyclic) bond motifs is 1. The van der Waals surface area contributed by atoms with Gasteiger partial charge in [-0.05, 0) is 36.4 Å². The Bertz CT molecular complexity index is 1460. The van der Waals surface area contributed by atoms with Crippen molar-refractivity contribution in [3.63, 3.8) is 0 Å². The van der Waals surface area contributed by atoms with Crippen LogP contribution in [0.25, 0.3) is 28.2 Å². The summed E-state index contributed by atoms with van der Waals surface area (Å²) in [6.07, 6.45) is 1.74. The van der Waals surface area contributed by atoms with E-state index >= 15 is 0 Å². The number of imidazole rings is 1. The summed E-state index contributed by atoms with van der Waals surface area (Å²) in [5.74, 6) is -0.413. The molecule has 2 aromatic carbocycles. The number of hydrogen-bond donors (Lipinski definition) is 1. The molecular formula is C26H22N6O3. The summed E-state index contributed by atoms with van der Waals surface area (Å²) in [4.78, 5) is 31.2. The number of amides is 2. The van der Waals surface area contributed by atoms with E-state index in [1.54, 1.807) is 39.9 Å². The van der Waals surface area contributed by atoms with Crippen molar-refractivity contribution in [2.45, 2.75) is 6.92 Å². The van der Waals surface area contributed by atoms with Gasteiger partial charge in [0.2, 0.25) is 5.91 Å². The van der Waals surface area contributed by atoms with Crippen LogP contribution in [0.2, 0.25) is 0 Å². The third-order valence-corrected chi connectivity index (χ3v) is 5.83. The molecule has 9 heteroatoms. The molecule has 1 aliphatic heterocycles. The molecule has 174 valence electrons. The molecule has 4 aromatic rings. The molecule has 2 aromatic heterocycles. The number of nitriles is 1. The second-order valence-corrected chi connectivity index (χ2v) is 8.17. The lowest BCUT2D eigenvalue weighted by Gasteiger charge is -2.27. The van der Waals surface area contributed by atoms with Crippen LogP contribution in [0.4, 0.5) is 5.69 Å². The first kappa shape index (κ1) is 22.3. The quantitative estimate of drug-likeness (QED) is 0.494. The lowest BCUT2D eigenvalue weighted by Crippen LogP contribution is -2.41. The predicted octanol–water partition coefficient (Wildman–Crippen LogP) is 3.37. The number of aromatic nitrogens is 3. The normalized spacial score (nSPS) is 13.4. The van der Waals surface area contributed by atoms with Gasteiger partial charge in [-0.3, -0.25) is 9.59 Å². The van der Waals surface area contributed by atoms with Crippen LogP contribution < -0.4 is 5.32 Å². The van der Waals surface area contributed by atoms with E-state index in [1.807, 2.05) is 30.3 Å². The van der Waals surface area contributed by atoms with E-state index in [9.17, 15) is 9.59 Å². The van der Waals surface area contributed by atoms with Crippen molar-refractivity contribution >= 4 is 23.1 Å². The molecule has 1 saturated heterocycles. The maximum absolute atomic E-state index is 13.1. The molecule has 1 N–H and O–H groups in total. The van der Waals surface area contributed by atoms with Crippen LogP contribution in [0, 0.1) is 11.3 Å². The molecule has 0 bridgehead atoms. The van der Waals surface area contributed by atoms with Gasteiger partial charge in [0.15, 0.2) is 5.65 Å². The third kappa shape index (κ3) is 4.47. The third-order valence-electron chi connectivity index (χ3n) is 5.83. The summed E-state index contributed by atoms with van der Waals surface area (Å²) in [6, 6.07) is 18.4. The van der Waals surface area contributed by atoms with Crippen molar-refractivity contribution in [3.8, 4) is 28.6 Å². The van der Waals surface area contributed by atoms with Crippen LogP contribution in [0.5, 0.6) is 0 Å². The zero-order chi connectivity index (χ0) is 24.4. The summed E-state index contributed by atoms with van der Waals surface area (Å²) in [6.45, 7) is 3.43. The van der Waals surface area contributed by atoms with Gasteiger partial charge in [-0.2, -0.15) is 10.4 Å². The van der Waals surface area contributed by atoms with Crippen LogP contribution in [0.3, 0.4) is 0 Å². The Morgan fingerprint density at radius 1 is 1.03 bits per heavy atom. The Kier molecular flexibility index (Phi) is 5.95. The molecule has 5 rings (SSSR count). The van der Waals surface area contributed by atoms with Gasteiger partial charge in [0.25, 0.3) is 5.91 Å². The van der Waals surface area contributed by atoms with Gasteiger partial charge in [-0.1, -0.05) is 18.2 Å². The Morgan fingerprint density at radius 2 is 1.77 bits per heavy atom. The van der Waals surface area contributed by atoms with Crippen molar-refractivity contribution in [2.24, 2.45) is 0 Å². The van der Waals surface area contributed by atoms with Crippen LogP contribution in [0.1, 0.15) is 22.8 Å². The first-order valence-electron chi connectivity index (χ1n) is 11.2. The van der Waals surface area contributed by atoms with Gasteiger partial charge in [-0.25, -0.2) is 9.50 Å². The molecule has 0 unspecified atom stereocenters. The number of rotatable bonds is 4. The van der Waals surface area contributed by atoms with E-state index in [0.717, 1.165) is 16.8 Å². The Hall–Kier alpha value is -4.55. The molecule has 3 heterocycles. The molecule has 2 amide bonds. The highest BCUT2D eigenvalue weighted by Gasteiger charge is 2.22. The van der Waals surface area contributed by atoms with Gasteiger partial charge in [-0.15, -0.1) is 0 Å². The Morgan fingerprint density at radius 3 is 2.49 bits per heavy atom. The predicted molar refractivity (Wildman–Crippen MR) is 130 cm³/mol. The number of anilines is 1. The minimum Gasteiger partial charge on any atom is -0.378 e. The molecule has 1 fully saturated rings. The minimum atomic E-state index is -0.265. The molecule has 0 saturated carbocycles. The number of hydrogen-bond acceptors (Lipinski definition) is 6. The Labute approximate surface area is 201 Å². The van der Waals surface area contributed by atoms with Crippen molar-refractivity contribution in [3.05, 3.63) is 71.9 Å². The fourth-order valence-corrected chi connectivity index (χ4v) is 4.06. The fraction of sp³-hybridized carbons (Fsp3) is 0.192. The average molecular weight is 467 g/mol. The van der Waals surface area contributed by atoms with Crippen LogP contribution in [-0.2, 0) is 9.53 Å². The van der Waals surface area contributed by atoms with Gasteiger partial charge in [0.05, 0.1) is 53.7 Å². The average Bonchev–Trinajstić information content (AvgIpc) is 3.32. The van der Waals surface area contributed by atoms with Crippen LogP contribution >= 0.6 is 0 Å². The Balaban J connectivity index is 1.53. The van der Waals surface area contributed by atoms with E-state index in [4.69, 9.17) is 15.1 Å². The van der Waals surface area contributed by atoms with Crippen LogP contribution in [-0.4, -0.2) is 57.6 Å². The maximum Gasteiger partial charge on any atom is 0.256 e. The SMILES string of the molecule is CC(=O)Nc1cc(-c2ccc3ncc(-c4ccc(C#N)cc4)n3n2)ccc1C(=O)N1CCOCC1. The number of ether oxygens (including phenoxy) is 1. The minimum absolute atomic E-state index is 0.148.